The van der Waals surface area contributed by atoms with Crippen molar-refractivity contribution in [3.63, 3.8) is 0 Å². The molecule has 3 heterocycles. The quantitative estimate of drug-likeness (QED) is 0.0945. The Morgan fingerprint density at radius 1 is 1.16 bits per heavy atom. The highest BCUT2D eigenvalue weighted by Gasteiger charge is 2.85. The van der Waals surface area contributed by atoms with Crippen LogP contribution >= 0.6 is 0 Å². The van der Waals surface area contributed by atoms with Crippen LogP contribution in [0.4, 0.5) is 0 Å². The number of hydrogen-bond acceptors (Lipinski definition) is 10. The van der Waals surface area contributed by atoms with Crippen molar-refractivity contribution in [1.82, 2.24) is 21.3 Å². The second kappa shape index (κ2) is 14.1. The van der Waals surface area contributed by atoms with Gasteiger partial charge in [0.15, 0.2) is 11.4 Å². The molecular weight excluding hydrogens is 632 g/mol. The minimum atomic E-state index is -2.08. The molecule has 0 unspecified atom stereocenters. The molecule has 1 fully saturated rings. The molecule has 10 heteroatoms. The maximum absolute atomic E-state index is 14.3. The minimum absolute atomic E-state index is 0.0175. The van der Waals surface area contributed by atoms with E-state index in [4.69, 9.17) is 9.47 Å². The molecule has 3 aliphatic heterocycles. The Hall–Kier alpha value is -3.83. The molecular formula is C40H50N4O6. The number of esters is 1. The van der Waals surface area contributed by atoms with Gasteiger partial charge in [0.1, 0.15) is 5.82 Å². The van der Waals surface area contributed by atoms with Crippen molar-refractivity contribution in [3.8, 4) is 0 Å². The van der Waals surface area contributed by atoms with Crippen LogP contribution in [0.5, 0.6) is 0 Å². The van der Waals surface area contributed by atoms with Gasteiger partial charge in [-0.3, -0.25) is 9.59 Å². The predicted octanol–water partition coefficient (Wildman–Crippen LogP) is 4.16. The van der Waals surface area contributed by atoms with Crippen LogP contribution in [-0.2, 0) is 14.3 Å². The smallest absolute Gasteiger partial charge is 0.350 e. The lowest BCUT2D eigenvalue weighted by atomic mass is 9.71. The molecule has 3 aliphatic carbocycles. The number of epoxide rings is 1. The molecule has 50 heavy (non-hydrogen) atoms. The average Bonchev–Trinajstić information content (AvgIpc) is 3.85. The van der Waals surface area contributed by atoms with Crippen LogP contribution in [-0.4, -0.2) is 79.4 Å². The summed E-state index contributed by atoms with van der Waals surface area (Å²) in [6.45, 7) is 5.30. The second-order valence-corrected chi connectivity index (χ2v) is 14.5. The van der Waals surface area contributed by atoms with Crippen molar-refractivity contribution in [2.45, 2.75) is 88.6 Å². The Morgan fingerprint density at radius 2 is 1.96 bits per heavy atom. The number of ketones is 2. The number of likely N-dealkylation sites (N-methyl/N-ethyl adjacent to an activating group) is 1. The number of allylic oxidation sites excluding steroid dienone is 6. The van der Waals surface area contributed by atoms with E-state index in [0.29, 0.717) is 17.9 Å². The zero-order valence-electron chi connectivity index (χ0n) is 29.4. The molecule has 1 aromatic carbocycles. The van der Waals surface area contributed by atoms with Crippen LogP contribution in [0.15, 0.2) is 82.3 Å². The van der Waals surface area contributed by atoms with Crippen molar-refractivity contribution in [2.24, 2.45) is 11.8 Å². The highest BCUT2D eigenvalue weighted by Crippen LogP contribution is 2.59. The Balaban J connectivity index is 1.12. The number of fused-ring (bicyclic) bond motifs is 3. The summed E-state index contributed by atoms with van der Waals surface area (Å²) in [5.74, 6) is -0.310. The van der Waals surface area contributed by atoms with Crippen LogP contribution in [0.1, 0.15) is 85.9 Å². The van der Waals surface area contributed by atoms with E-state index in [-0.39, 0.29) is 48.9 Å². The van der Waals surface area contributed by atoms with E-state index in [1.165, 1.54) is 16.7 Å². The lowest BCUT2D eigenvalue weighted by Crippen LogP contribution is -2.51. The van der Waals surface area contributed by atoms with Crippen molar-refractivity contribution in [1.29, 1.82) is 0 Å². The standard InChI is InChI=1S/C40H50N4O6/c1-4-42-33-20-27-10-6-5-9-26(27)19-28(33)23-49-38(48)40-36(47)32-12-8-7-11-31(32)35(46)39(40,50-40)21-29(22-45)24(2)13-14-25-17-18-43-37-30(25)15-16-34(41-3)44-37/h6-8,10-12,17,20,26,28,33-34,41-45H,4-5,9,13-16,18-19,21-23H2,1-3H3/b29-24-/t26-,28-,33+,34+,39-,40-/m0/s1. The van der Waals surface area contributed by atoms with E-state index in [1.54, 1.807) is 24.3 Å². The van der Waals surface area contributed by atoms with Gasteiger partial charge in [0.2, 0.25) is 5.78 Å². The first kappa shape index (κ1) is 34.6. The Morgan fingerprint density at radius 3 is 2.72 bits per heavy atom. The van der Waals surface area contributed by atoms with Crippen molar-refractivity contribution in [2.75, 3.05) is 33.4 Å². The summed E-state index contributed by atoms with van der Waals surface area (Å²) in [5, 5.41) is 24.5. The molecule has 266 valence electrons. The Bertz CT molecular complexity index is 1720. The van der Waals surface area contributed by atoms with Crippen molar-refractivity contribution < 1.29 is 29.0 Å². The number of hydrogen-bond donors (Lipinski definition) is 5. The number of benzene rings is 1. The SMILES string of the molecule is CCN[C@@H]1C=C2C=CCC[C@H]2C[C@H]1COC(=O)[C@]12O[C@@]1(C/C(CO)=C(\C)CCC1=CCNC3=C1CC[C@H](NC)N3)C(=O)c1ccccc1C2=O. The Labute approximate surface area is 294 Å². The van der Waals surface area contributed by atoms with Gasteiger partial charge in [-0.2, -0.15) is 0 Å². The van der Waals surface area contributed by atoms with Gasteiger partial charge in [-0.25, -0.2) is 4.79 Å². The summed E-state index contributed by atoms with van der Waals surface area (Å²) >= 11 is 0. The van der Waals surface area contributed by atoms with Crippen molar-refractivity contribution >= 4 is 17.5 Å². The first-order valence-corrected chi connectivity index (χ1v) is 18.3. The molecule has 5 N–H and O–H groups in total. The first-order chi connectivity index (χ1) is 24.3. The summed E-state index contributed by atoms with van der Waals surface area (Å²) in [6.07, 6.45) is 15.3. The van der Waals surface area contributed by atoms with Crippen LogP contribution in [0, 0.1) is 11.8 Å². The summed E-state index contributed by atoms with van der Waals surface area (Å²) in [7, 11) is 1.95. The number of ether oxygens (including phenoxy) is 2. The Kier molecular flexibility index (Phi) is 9.73. The zero-order valence-corrected chi connectivity index (χ0v) is 29.4. The van der Waals surface area contributed by atoms with E-state index in [1.807, 2.05) is 14.0 Å². The van der Waals surface area contributed by atoms with E-state index in [2.05, 4.69) is 52.5 Å². The molecule has 6 aliphatic rings. The molecule has 0 aromatic heterocycles. The topological polar surface area (TPSA) is 141 Å². The number of carbonyl (C=O) groups is 3. The van der Waals surface area contributed by atoms with E-state index < -0.39 is 28.7 Å². The van der Waals surface area contributed by atoms with Gasteiger partial charge in [-0.15, -0.1) is 0 Å². The number of Topliss-reactive ketones (excluding diaryl/α,β-unsaturated/α-hetero) is 2. The second-order valence-electron chi connectivity index (χ2n) is 14.5. The van der Waals surface area contributed by atoms with Gasteiger partial charge < -0.3 is 35.8 Å². The van der Waals surface area contributed by atoms with E-state index in [9.17, 15) is 19.5 Å². The molecule has 0 saturated carbocycles. The number of dihydropyridines is 1. The molecule has 7 rings (SSSR count). The first-order valence-electron chi connectivity index (χ1n) is 18.3. The molecule has 0 radical (unpaired) electrons. The predicted molar refractivity (Wildman–Crippen MR) is 190 cm³/mol. The normalized spacial score (nSPS) is 31.5. The number of aliphatic hydroxyl groups excluding tert-OH is 1. The fourth-order valence-electron chi connectivity index (χ4n) is 8.77. The van der Waals surface area contributed by atoms with E-state index >= 15 is 0 Å². The largest absolute Gasteiger partial charge is 0.463 e. The average molecular weight is 683 g/mol. The molecule has 6 atom stereocenters. The van der Waals surface area contributed by atoms with E-state index in [0.717, 1.165) is 63.0 Å². The van der Waals surface area contributed by atoms with Gasteiger partial charge in [-0.1, -0.05) is 61.1 Å². The van der Waals surface area contributed by atoms with Crippen LogP contribution in [0.25, 0.3) is 0 Å². The fraction of sp³-hybridized carbons (Fsp3) is 0.525. The third-order valence-corrected chi connectivity index (χ3v) is 11.7. The highest BCUT2D eigenvalue weighted by molar-refractivity contribution is 6.32. The number of aliphatic hydroxyl groups is 1. The maximum Gasteiger partial charge on any atom is 0.350 e. The summed E-state index contributed by atoms with van der Waals surface area (Å²) < 4.78 is 12.2. The minimum Gasteiger partial charge on any atom is -0.463 e. The van der Waals surface area contributed by atoms with Gasteiger partial charge in [0.25, 0.3) is 5.60 Å². The lowest BCUT2D eigenvalue weighted by Gasteiger charge is -2.36. The monoisotopic (exact) mass is 682 g/mol. The summed E-state index contributed by atoms with van der Waals surface area (Å²) in [4.78, 5) is 42.7. The lowest BCUT2D eigenvalue weighted by molar-refractivity contribution is -0.150. The molecule has 0 amide bonds. The number of rotatable bonds is 12. The molecule has 0 spiro atoms. The van der Waals surface area contributed by atoms with Crippen LogP contribution < -0.4 is 21.3 Å². The van der Waals surface area contributed by atoms with Gasteiger partial charge in [0, 0.05) is 36.1 Å². The molecule has 1 saturated heterocycles. The maximum atomic E-state index is 14.3. The highest BCUT2D eigenvalue weighted by atomic mass is 16.7. The van der Waals surface area contributed by atoms with Gasteiger partial charge in [0.05, 0.1) is 19.4 Å². The molecule has 0 bridgehead atoms. The van der Waals surface area contributed by atoms with Crippen LogP contribution in [0.2, 0.25) is 0 Å². The third kappa shape index (κ3) is 5.89. The number of carbonyl (C=O) groups excluding carboxylic acids is 3. The van der Waals surface area contributed by atoms with Gasteiger partial charge in [-0.05, 0) is 93.7 Å². The van der Waals surface area contributed by atoms with Gasteiger partial charge >= 0.3 is 5.97 Å². The molecule has 1 aromatic rings. The third-order valence-electron chi connectivity index (χ3n) is 11.7. The number of nitrogens with one attached hydrogen (secondary N) is 4. The van der Waals surface area contributed by atoms with Crippen LogP contribution in [0.3, 0.4) is 0 Å². The van der Waals surface area contributed by atoms with Crippen molar-refractivity contribution in [3.05, 3.63) is 93.4 Å². The fourth-order valence-corrected chi connectivity index (χ4v) is 8.77. The zero-order chi connectivity index (χ0) is 35.0. The molecule has 10 nitrogen and oxygen atoms in total. The summed E-state index contributed by atoms with van der Waals surface area (Å²) in [5.41, 5.74) is 1.94. The summed E-state index contributed by atoms with van der Waals surface area (Å²) in [6, 6.07) is 6.60.